The molecule has 1 aromatic heterocycles. The molecule has 0 saturated heterocycles. The summed E-state index contributed by atoms with van der Waals surface area (Å²) < 4.78 is 6.42. The molecule has 0 aliphatic carbocycles. The Labute approximate surface area is 240 Å². The van der Waals surface area contributed by atoms with Crippen molar-refractivity contribution in [1.82, 2.24) is 10.3 Å². The summed E-state index contributed by atoms with van der Waals surface area (Å²) >= 11 is 3.50. The molecule has 1 unspecified atom stereocenters. The fourth-order valence-electron chi connectivity index (χ4n) is 4.58. The zero-order valence-electron chi connectivity index (χ0n) is 22.4. The number of carbonyl (C=O) groups is 2. The first-order valence-corrected chi connectivity index (χ1v) is 13.5. The standard InChI is InChI=1S/C30H31BrN4O5/c1-17-12-20(27(29(37)38)34-23-6-4-19-10-11-33-28(36)25(19)14-23)5-8-24(17)18(2)16-40-30(39)35-22-7-9-26(31)21(13-22)15-32-3/h4-14,18,27,32,34H,15-16H2,1-3H3,(H,33,36)(H,35,39)(H,37,38)/t18-,27?/m0/s1. The maximum Gasteiger partial charge on any atom is 0.411 e. The Balaban J connectivity index is 1.42. The molecule has 0 aliphatic rings. The minimum atomic E-state index is -1.05. The van der Waals surface area contributed by atoms with Gasteiger partial charge in [-0.1, -0.05) is 47.1 Å². The number of aliphatic carboxylic acids is 1. The summed E-state index contributed by atoms with van der Waals surface area (Å²) in [5.74, 6) is -1.17. The lowest BCUT2D eigenvalue weighted by atomic mass is 9.93. The van der Waals surface area contributed by atoms with E-state index in [2.05, 4.69) is 36.9 Å². The van der Waals surface area contributed by atoms with Gasteiger partial charge in [0.1, 0.15) is 0 Å². The molecule has 208 valence electrons. The van der Waals surface area contributed by atoms with Crippen LogP contribution in [0.2, 0.25) is 0 Å². The van der Waals surface area contributed by atoms with E-state index in [1.807, 2.05) is 45.2 Å². The maximum atomic E-state index is 12.4. The van der Waals surface area contributed by atoms with Gasteiger partial charge in [0.05, 0.1) is 6.61 Å². The molecule has 0 saturated carbocycles. The first kappa shape index (κ1) is 28.8. The lowest BCUT2D eigenvalue weighted by molar-refractivity contribution is -0.138. The molecule has 10 heteroatoms. The van der Waals surface area contributed by atoms with Gasteiger partial charge in [-0.25, -0.2) is 9.59 Å². The number of hydrogen-bond donors (Lipinski definition) is 5. The van der Waals surface area contributed by atoms with Gasteiger partial charge in [-0.3, -0.25) is 10.1 Å². The number of aryl methyl sites for hydroxylation is 1. The number of H-pyrrole nitrogens is 1. The lowest BCUT2D eigenvalue weighted by Crippen LogP contribution is -2.21. The van der Waals surface area contributed by atoms with Crippen molar-refractivity contribution >= 4 is 50.1 Å². The van der Waals surface area contributed by atoms with Crippen LogP contribution in [0.3, 0.4) is 0 Å². The number of benzene rings is 3. The summed E-state index contributed by atoms with van der Waals surface area (Å²) in [5.41, 5.74) is 4.31. The molecule has 1 heterocycles. The summed E-state index contributed by atoms with van der Waals surface area (Å²) in [6, 6.07) is 16.9. The molecule has 0 radical (unpaired) electrons. The van der Waals surface area contributed by atoms with E-state index < -0.39 is 18.1 Å². The van der Waals surface area contributed by atoms with Crippen molar-refractivity contribution in [2.75, 3.05) is 24.3 Å². The van der Waals surface area contributed by atoms with Crippen molar-refractivity contribution < 1.29 is 19.4 Å². The number of nitrogens with one attached hydrogen (secondary N) is 4. The van der Waals surface area contributed by atoms with Crippen LogP contribution in [0.15, 0.2) is 76.1 Å². The van der Waals surface area contributed by atoms with Crippen LogP contribution in [0.25, 0.3) is 10.8 Å². The molecular formula is C30H31BrN4O5. The normalized spacial score (nSPS) is 12.5. The topological polar surface area (TPSA) is 133 Å². The number of aromatic nitrogens is 1. The molecule has 0 spiro atoms. The van der Waals surface area contributed by atoms with Crippen molar-refractivity contribution in [2.24, 2.45) is 0 Å². The quantitative estimate of drug-likeness (QED) is 0.152. The van der Waals surface area contributed by atoms with Gasteiger partial charge in [0.15, 0.2) is 6.04 Å². The van der Waals surface area contributed by atoms with Crippen LogP contribution >= 0.6 is 15.9 Å². The van der Waals surface area contributed by atoms with E-state index in [0.29, 0.717) is 28.9 Å². The fraction of sp³-hybridized carbons (Fsp3) is 0.233. The number of amides is 1. The molecule has 3 aromatic carbocycles. The summed E-state index contributed by atoms with van der Waals surface area (Å²) in [6.07, 6.45) is 1.02. The zero-order chi connectivity index (χ0) is 28.8. The third-order valence-electron chi connectivity index (χ3n) is 6.62. The number of ether oxygens (including phenoxy) is 1. The molecular weight excluding hydrogens is 576 g/mol. The minimum Gasteiger partial charge on any atom is -0.479 e. The minimum absolute atomic E-state index is 0.118. The molecule has 0 aliphatic heterocycles. The molecule has 40 heavy (non-hydrogen) atoms. The van der Waals surface area contributed by atoms with E-state index in [4.69, 9.17) is 4.74 Å². The number of rotatable bonds is 10. The first-order valence-electron chi connectivity index (χ1n) is 12.7. The Morgan fingerprint density at radius 2 is 1.82 bits per heavy atom. The third-order valence-corrected chi connectivity index (χ3v) is 7.39. The molecule has 1 amide bonds. The SMILES string of the molecule is CNCc1cc(NC(=O)OC[C@H](C)c2ccc(C(Nc3ccc4cc[nH]c(=O)c4c3)C(=O)O)cc2C)ccc1Br. The predicted molar refractivity (Wildman–Crippen MR) is 160 cm³/mol. The Morgan fingerprint density at radius 1 is 1.05 bits per heavy atom. The van der Waals surface area contributed by atoms with E-state index in [1.54, 1.807) is 42.6 Å². The Kier molecular flexibility index (Phi) is 9.23. The monoisotopic (exact) mass is 606 g/mol. The van der Waals surface area contributed by atoms with Gasteiger partial charge in [0.2, 0.25) is 0 Å². The summed E-state index contributed by atoms with van der Waals surface area (Å²) in [6.45, 7) is 4.64. The average molecular weight is 608 g/mol. The van der Waals surface area contributed by atoms with E-state index in [-0.39, 0.29) is 18.1 Å². The molecule has 0 bridgehead atoms. The fourth-order valence-corrected chi connectivity index (χ4v) is 4.97. The van der Waals surface area contributed by atoms with Crippen molar-refractivity contribution in [3.63, 3.8) is 0 Å². The molecule has 9 nitrogen and oxygen atoms in total. The van der Waals surface area contributed by atoms with Crippen LogP contribution in [-0.4, -0.2) is 35.8 Å². The lowest BCUT2D eigenvalue weighted by Gasteiger charge is -2.20. The number of carbonyl (C=O) groups excluding carboxylic acids is 1. The molecule has 4 rings (SSSR count). The van der Waals surface area contributed by atoms with Crippen LogP contribution in [0.4, 0.5) is 16.2 Å². The van der Waals surface area contributed by atoms with E-state index in [1.165, 1.54) is 0 Å². The van der Waals surface area contributed by atoms with Gasteiger partial charge in [0, 0.05) is 39.9 Å². The van der Waals surface area contributed by atoms with Crippen molar-refractivity contribution in [3.05, 3.63) is 104 Å². The maximum absolute atomic E-state index is 12.4. The van der Waals surface area contributed by atoms with Gasteiger partial charge < -0.3 is 25.5 Å². The van der Waals surface area contributed by atoms with Crippen LogP contribution in [0, 0.1) is 6.92 Å². The van der Waals surface area contributed by atoms with Crippen molar-refractivity contribution in [2.45, 2.75) is 32.4 Å². The highest BCUT2D eigenvalue weighted by Gasteiger charge is 2.22. The summed E-state index contributed by atoms with van der Waals surface area (Å²) in [7, 11) is 1.85. The van der Waals surface area contributed by atoms with Gasteiger partial charge in [0.25, 0.3) is 5.56 Å². The van der Waals surface area contributed by atoms with Gasteiger partial charge in [-0.15, -0.1) is 0 Å². The third kappa shape index (κ3) is 6.88. The van der Waals surface area contributed by atoms with Gasteiger partial charge >= 0.3 is 12.1 Å². The van der Waals surface area contributed by atoms with Crippen molar-refractivity contribution in [1.29, 1.82) is 0 Å². The Hall–Kier alpha value is -4.15. The highest BCUT2D eigenvalue weighted by molar-refractivity contribution is 9.10. The molecule has 4 aromatic rings. The van der Waals surface area contributed by atoms with Crippen molar-refractivity contribution in [3.8, 4) is 0 Å². The number of carboxylic acids is 1. The van der Waals surface area contributed by atoms with Crippen LogP contribution in [0.1, 0.15) is 41.1 Å². The van der Waals surface area contributed by atoms with E-state index in [9.17, 15) is 19.5 Å². The van der Waals surface area contributed by atoms with Crippen LogP contribution < -0.4 is 21.5 Å². The number of carboxylic acid groups (broad SMARTS) is 1. The number of aromatic amines is 1. The van der Waals surface area contributed by atoms with Gasteiger partial charge in [-0.05, 0) is 78.0 Å². The van der Waals surface area contributed by atoms with E-state index >= 15 is 0 Å². The van der Waals surface area contributed by atoms with Gasteiger partial charge in [-0.2, -0.15) is 0 Å². The predicted octanol–water partition coefficient (Wildman–Crippen LogP) is 5.91. The number of pyridine rings is 1. The Bertz CT molecular complexity index is 1600. The number of hydrogen-bond acceptors (Lipinski definition) is 6. The molecule has 5 N–H and O–H groups in total. The second kappa shape index (κ2) is 12.8. The summed E-state index contributed by atoms with van der Waals surface area (Å²) in [5, 5.41) is 20.1. The zero-order valence-corrected chi connectivity index (χ0v) is 24.0. The molecule has 2 atom stereocenters. The number of fused-ring (bicyclic) bond motifs is 1. The number of anilines is 2. The molecule has 0 fully saturated rings. The smallest absolute Gasteiger partial charge is 0.411 e. The highest BCUT2D eigenvalue weighted by atomic mass is 79.9. The second-order valence-electron chi connectivity index (χ2n) is 9.60. The van der Waals surface area contributed by atoms with Crippen LogP contribution in [0.5, 0.6) is 0 Å². The summed E-state index contributed by atoms with van der Waals surface area (Å²) in [4.78, 5) is 39.4. The number of halogens is 1. The van der Waals surface area contributed by atoms with E-state index in [0.717, 1.165) is 26.5 Å². The highest BCUT2D eigenvalue weighted by Crippen LogP contribution is 2.27. The average Bonchev–Trinajstić information content (AvgIpc) is 2.92. The Morgan fingerprint density at radius 3 is 2.55 bits per heavy atom. The largest absolute Gasteiger partial charge is 0.479 e. The van der Waals surface area contributed by atoms with Crippen LogP contribution in [-0.2, 0) is 16.1 Å². The first-order chi connectivity index (χ1) is 19.2. The second-order valence-corrected chi connectivity index (χ2v) is 10.5.